The van der Waals surface area contributed by atoms with Crippen LogP contribution in [0.1, 0.15) is 60.6 Å². The van der Waals surface area contributed by atoms with Crippen molar-refractivity contribution in [3.05, 3.63) is 50.6 Å². The maximum absolute atomic E-state index is 13.7. The minimum atomic E-state index is -0.0721. The van der Waals surface area contributed by atoms with Crippen LogP contribution in [-0.4, -0.2) is 21.2 Å². The number of hydrogen-bond acceptors (Lipinski definition) is 5. The number of carbonyl (C=O) groups excluding carboxylic acids is 1. The molecule has 0 spiro atoms. The molecular weight excluding hydrogens is 426 g/mol. The molecular formula is C24H27N3O2S2. The lowest BCUT2D eigenvalue weighted by Gasteiger charge is -2.18. The minimum absolute atomic E-state index is 0.0721. The van der Waals surface area contributed by atoms with Gasteiger partial charge in [0.05, 0.1) is 11.1 Å². The second-order valence-electron chi connectivity index (χ2n) is 8.55. The first-order valence-corrected chi connectivity index (χ1v) is 13.0. The molecule has 0 bridgehead atoms. The van der Waals surface area contributed by atoms with Crippen LogP contribution < -0.4 is 10.9 Å². The van der Waals surface area contributed by atoms with E-state index < -0.39 is 0 Å². The van der Waals surface area contributed by atoms with Crippen LogP contribution in [-0.2, 0) is 17.6 Å². The van der Waals surface area contributed by atoms with E-state index in [1.54, 1.807) is 11.3 Å². The summed E-state index contributed by atoms with van der Waals surface area (Å²) in [5.74, 6) is 0.168. The fraction of sp³-hybridized carbons (Fsp3) is 0.458. The molecule has 0 saturated heterocycles. The molecule has 0 aliphatic heterocycles. The summed E-state index contributed by atoms with van der Waals surface area (Å²) in [7, 11) is 0. The fourth-order valence-corrected chi connectivity index (χ4v) is 6.98. The Labute approximate surface area is 190 Å². The van der Waals surface area contributed by atoms with Crippen LogP contribution >= 0.6 is 23.1 Å². The monoisotopic (exact) mass is 453 g/mol. The van der Waals surface area contributed by atoms with Crippen LogP contribution in [0.15, 0.2) is 34.2 Å². The quantitative estimate of drug-likeness (QED) is 0.410. The van der Waals surface area contributed by atoms with Crippen molar-refractivity contribution in [2.24, 2.45) is 0 Å². The smallest absolute Gasteiger partial charge is 0.263 e. The maximum atomic E-state index is 13.7. The average molecular weight is 454 g/mol. The summed E-state index contributed by atoms with van der Waals surface area (Å²) in [5, 5.41) is 4.53. The molecule has 2 aliphatic carbocycles. The lowest BCUT2D eigenvalue weighted by Crippen LogP contribution is -2.27. The Bertz CT molecular complexity index is 1190. The van der Waals surface area contributed by atoms with Crippen molar-refractivity contribution in [1.29, 1.82) is 0 Å². The van der Waals surface area contributed by atoms with Crippen molar-refractivity contribution >= 4 is 44.9 Å². The molecule has 1 N–H and O–H groups in total. The summed E-state index contributed by atoms with van der Waals surface area (Å²) < 4.78 is 1.92. The van der Waals surface area contributed by atoms with E-state index in [1.165, 1.54) is 28.6 Å². The van der Waals surface area contributed by atoms with Gasteiger partial charge in [-0.3, -0.25) is 14.2 Å². The third-order valence-electron chi connectivity index (χ3n) is 6.43. The van der Waals surface area contributed by atoms with Crippen LogP contribution in [0, 0.1) is 6.92 Å². The molecule has 1 amide bonds. The van der Waals surface area contributed by atoms with Gasteiger partial charge in [-0.1, -0.05) is 42.8 Å². The van der Waals surface area contributed by atoms with Gasteiger partial charge in [0.25, 0.3) is 5.56 Å². The molecule has 31 heavy (non-hydrogen) atoms. The number of thiophene rings is 1. The molecule has 7 heteroatoms. The van der Waals surface area contributed by atoms with Gasteiger partial charge in [0, 0.05) is 16.6 Å². The second-order valence-corrected chi connectivity index (χ2v) is 10.6. The Balaban J connectivity index is 1.47. The van der Waals surface area contributed by atoms with Gasteiger partial charge in [0.1, 0.15) is 4.83 Å². The van der Waals surface area contributed by atoms with Crippen LogP contribution in [0.25, 0.3) is 10.2 Å². The summed E-state index contributed by atoms with van der Waals surface area (Å²) in [5.41, 5.74) is 3.21. The Morgan fingerprint density at radius 3 is 2.77 bits per heavy atom. The van der Waals surface area contributed by atoms with Gasteiger partial charge in [0.15, 0.2) is 5.16 Å². The van der Waals surface area contributed by atoms with Crippen molar-refractivity contribution in [1.82, 2.24) is 9.55 Å². The van der Waals surface area contributed by atoms with E-state index in [9.17, 15) is 9.59 Å². The molecule has 0 radical (unpaired) electrons. The second kappa shape index (κ2) is 8.79. The first-order chi connectivity index (χ1) is 15.1. The molecule has 0 atom stereocenters. The Hall–Kier alpha value is -2.12. The number of para-hydroxylation sites is 1. The average Bonchev–Trinajstić information content (AvgIpc) is 3.41. The van der Waals surface area contributed by atoms with Crippen LogP contribution in [0.3, 0.4) is 0 Å². The number of anilines is 1. The van der Waals surface area contributed by atoms with E-state index in [1.807, 2.05) is 35.8 Å². The van der Waals surface area contributed by atoms with E-state index in [2.05, 4.69) is 5.32 Å². The van der Waals surface area contributed by atoms with E-state index in [0.29, 0.717) is 5.16 Å². The highest BCUT2D eigenvalue weighted by molar-refractivity contribution is 7.99. The van der Waals surface area contributed by atoms with E-state index >= 15 is 0 Å². The van der Waals surface area contributed by atoms with Crippen LogP contribution in [0.2, 0.25) is 0 Å². The number of fused-ring (bicyclic) bond motifs is 3. The zero-order valence-corrected chi connectivity index (χ0v) is 19.4. The Morgan fingerprint density at radius 1 is 1.19 bits per heavy atom. The molecule has 1 saturated carbocycles. The van der Waals surface area contributed by atoms with E-state index in [4.69, 9.17) is 4.98 Å². The number of rotatable bonds is 5. The van der Waals surface area contributed by atoms with Crippen molar-refractivity contribution in [3.63, 3.8) is 0 Å². The van der Waals surface area contributed by atoms with Gasteiger partial charge in [-0.05, 0) is 62.6 Å². The van der Waals surface area contributed by atoms with Gasteiger partial charge < -0.3 is 5.32 Å². The van der Waals surface area contributed by atoms with Crippen molar-refractivity contribution in [2.45, 2.75) is 69.5 Å². The number of hydrogen-bond donors (Lipinski definition) is 1. The van der Waals surface area contributed by atoms with Crippen LogP contribution in [0.5, 0.6) is 0 Å². The van der Waals surface area contributed by atoms with E-state index in [0.717, 1.165) is 66.4 Å². The number of aromatic nitrogens is 2. The Morgan fingerprint density at radius 2 is 1.97 bits per heavy atom. The number of nitrogens with one attached hydrogen (secondary N) is 1. The molecule has 162 valence electrons. The summed E-state index contributed by atoms with van der Waals surface area (Å²) in [6.07, 6.45) is 8.71. The Kier molecular flexibility index (Phi) is 5.89. The van der Waals surface area contributed by atoms with Gasteiger partial charge in [-0.25, -0.2) is 4.98 Å². The van der Waals surface area contributed by atoms with Crippen molar-refractivity contribution in [2.75, 3.05) is 11.1 Å². The zero-order valence-electron chi connectivity index (χ0n) is 17.8. The van der Waals surface area contributed by atoms with Gasteiger partial charge in [-0.2, -0.15) is 0 Å². The third kappa shape index (κ3) is 4.05. The van der Waals surface area contributed by atoms with Gasteiger partial charge >= 0.3 is 0 Å². The molecule has 3 aromatic rings. The van der Waals surface area contributed by atoms with Gasteiger partial charge in [0.2, 0.25) is 5.91 Å². The number of nitrogens with zero attached hydrogens (tertiary/aromatic N) is 2. The van der Waals surface area contributed by atoms with Crippen molar-refractivity contribution < 1.29 is 4.79 Å². The maximum Gasteiger partial charge on any atom is 0.263 e. The summed E-state index contributed by atoms with van der Waals surface area (Å²) in [4.78, 5) is 33.4. The van der Waals surface area contributed by atoms with Crippen LogP contribution in [0.4, 0.5) is 5.69 Å². The topological polar surface area (TPSA) is 64.0 Å². The standard InChI is InChI=1S/C24H27N3O2S2/c1-15-8-2-6-12-18(15)25-20(28)14-30-24-26-22-21(17-11-5-7-13-19(17)31-22)23(29)27(24)16-9-3-4-10-16/h2,6,8,12,16H,3-5,7,9-11,13-14H2,1H3,(H,25,28). The highest BCUT2D eigenvalue weighted by atomic mass is 32.2. The number of carbonyl (C=O) groups is 1. The van der Waals surface area contributed by atoms with E-state index in [-0.39, 0.29) is 23.3 Å². The molecule has 2 aliphatic rings. The molecule has 1 fully saturated rings. The number of benzene rings is 1. The van der Waals surface area contributed by atoms with Gasteiger partial charge in [-0.15, -0.1) is 11.3 Å². The summed E-state index contributed by atoms with van der Waals surface area (Å²) in [6, 6.07) is 7.97. The van der Waals surface area contributed by atoms with Crippen molar-refractivity contribution in [3.8, 4) is 0 Å². The molecule has 2 aromatic heterocycles. The molecule has 1 aromatic carbocycles. The lowest BCUT2D eigenvalue weighted by molar-refractivity contribution is -0.113. The molecule has 2 heterocycles. The zero-order chi connectivity index (χ0) is 21.4. The number of thioether (sulfide) groups is 1. The first kappa shape index (κ1) is 20.8. The summed E-state index contributed by atoms with van der Waals surface area (Å²) >= 11 is 3.07. The first-order valence-electron chi connectivity index (χ1n) is 11.2. The normalized spacial score (nSPS) is 16.5. The SMILES string of the molecule is Cc1ccccc1NC(=O)CSc1nc2sc3c(c2c(=O)n1C1CCCC1)CCCC3. The molecule has 0 unspecified atom stereocenters. The molecule has 5 rings (SSSR count). The molecule has 5 nitrogen and oxygen atoms in total. The highest BCUT2D eigenvalue weighted by Gasteiger charge is 2.27. The minimum Gasteiger partial charge on any atom is -0.325 e. The lowest BCUT2D eigenvalue weighted by atomic mass is 9.97. The predicted molar refractivity (Wildman–Crippen MR) is 129 cm³/mol. The highest BCUT2D eigenvalue weighted by Crippen LogP contribution is 2.37. The predicted octanol–water partition coefficient (Wildman–Crippen LogP) is 5.49. The third-order valence-corrected chi connectivity index (χ3v) is 8.57. The summed E-state index contributed by atoms with van der Waals surface area (Å²) in [6.45, 7) is 1.98. The number of amides is 1. The fourth-order valence-electron chi connectivity index (χ4n) is 4.81. The number of aryl methyl sites for hydroxylation is 3. The largest absolute Gasteiger partial charge is 0.325 e.